The summed E-state index contributed by atoms with van der Waals surface area (Å²) >= 11 is 0. The van der Waals surface area contributed by atoms with Crippen LogP contribution in [0.1, 0.15) is 219 Å². The summed E-state index contributed by atoms with van der Waals surface area (Å²) in [7, 11) is 0. The summed E-state index contributed by atoms with van der Waals surface area (Å²) in [6.07, 6.45) is 39.0. The molecule has 248 valence electrons. The molecule has 0 heterocycles. The number of hydrogen-bond acceptors (Lipinski definition) is 3. The summed E-state index contributed by atoms with van der Waals surface area (Å²) in [4.78, 5) is 26.1. The van der Waals surface area contributed by atoms with Gasteiger partial charge in [-0.1, -0.05) is 194 Å². The topological polar surface area (TPSA) is 87.2 Å². The molecule has 0 aliphatic heterocycles. The number of nitrogens with one attached hydrogen (secondary N) is 1. The van der Waals surface area contributed by atoms with Gasteiger partial charge >= 0.3 is 0 Å². The summed E-state index contributed by atoms with van der Waals surface area (Å²) in [5.41, 5.74) is 5.62. The number of unbranched alkanes of at least 4 members (excludes halogenated alkanes) is 28. The summed E-state index contributed by atoms with van der Waals surface area (Å²) in [5, 5.41) is 7.76. The summed E-state index contributed by atoms with van der Waals surface area (Å²) < 4.78 is 0. The van der Waals surface area contributed by atoms with Crippen LogP contribution >= 0.6 is 0 Å². The number of nitrogens with zero attached hydrogens (tertiary/aromatic N) is 1. The lowest BCUT2D eigenvalue weighted by atomic mass is 10.0. The molecule has 0 aromatic rings. The Morgan fingerprint density at radius 1 is 0.405 bits per heavy atom. The van der Waals surface area contributed by atoms with Gasteiger partial charge in [-0.2, -0.15) is 0 Å². The van der Waals surface area contributed by atoms with Gasteiger partial charge in [0.05, 0.1) is 0 Å². The van der Waals surface area contributed by atoms with Gasteiger partial charge < -0.3 is 5.73 Å². The molecule has 0 rings (SSSR count). The second kappa shape index (κ2) is 32.5. The van der Waals surface area contributed by atoms with Gasteiger partial charge in [-0.25, -0.2) is 4.90 Å². The Hall–Kier alpha value is -1.39. The molecule has 0 saturated heterocycles. The molecular formula is C37H73N3O2. The van der Waals surface area contributed by atoms with Crippen LogP contribution in [0.15, 0.2) is 0 Å². The smallest absolute Gasteiger partial charge is 0.236 e. The third kappa shape index (κ3) is 27.4. The van der Waals surface area contributed by atoms with Gasteiger partial charge in [0.2, 0.25) is 17.8 Å². The van der Waals surface area contributed by atoms with Gasteiger partial charge in [-0.3, -0.25) is 15.0 Å². The third-order valence-electron chi connectivity index (χ3n) is 8.73. The molecule has 0 radical (unpaired) electrons. The van der Waals surface area contributed by atoms with Crippen molar-refractivity contribution in [1.82, 2.24) is 4.90 Å². The van der Waals surface area contributed by atoms with Gasteiger partial charge in [-0.15, -0.1) is 0 Å². The van der Waals surface area contributed by atoms with Crippen LogP contribution in [-0.4, -0.2) is 22.7 Å². The molecule has 0 aromatic heterocycles. The van der Waals surface area contributed by atoms with Crippen molar-refractivity contribution < 1.29 is 9.59 Å². The standard InChI is InChI=1S/C37H73N3O2/c1-3-5-7-9-11-13-15-17-19-21-23-25-27-29-31-33-35(41)40(37(38)39)36(42)34-32-30-28-26-24-22-20-18-16-14-12-10-8-6-4-2/h3-34H2,1-2H3,(H3,38,39). The molecule has 0 atom stereocenters. The van der Waals surface area contributed by atoms with Gasteiger partial charge in [-0.05, 0) is 12.8 Å². The van der Waals surface area contributed by atoms with E-state index in [2.05, 4.69) is 13.8 Å². The lowest BCUT2D eigenvalue weighted by Gasteiger charge is -2.18. The number of carbonyl (C=O) groups excluding carboxylic acids is 2. The Bertz CT molecular complexity index is 576. The minimum Gasteiger partial charge on any atom is -0.369 e. The maximum absolute atomic E-state index is 12.6. The fourth-order valence-corrected chi connectivity index (χ4v) is 5.93. The van der Waals surface area contributed by atoms with E-state index in [9.17, 15) is 9.59 Å². The predicted octanol–water partition coefficient (Wildman–Crippen LogP) is 11.8. The van der Waals surface area contributed by atoms with E-state index in [1.54, 1.807) is 0 Å². The zero-order chi connectivity index (χ0) is 30.9. The fourth-order valence-electron chi connectivity index (χ4n) is 5.93. The van der Waals surface area contributed by atoms with E-state index < -0.39 is 5.96 Å². The fraction of sp³-hybridized carbons (Fsp3) is 0.919. The highest BCUT2D eigenvalue weighted by atomic mass is 16.2. The Balaban J connectivity index is 3.66. The van der Waals surface area contributed by atoms with Crippen molar-refractivity contribution in [2.75, 3.05) is 0 Å². The molecule has 0 aliphatic carbocycles. The molecule has 0 aliphatic rings. The highest BCUT2D eigenvalue weighted by Gasteiger charge is 2.23. The Kier molecular flexibility index (Phi) is 31.4. The molecule has 0 fully saturated rings. The summed E-state index contributed by atoms with van der Waals surface area (Å²) in [6, 6.07) is 0. The van der Waals surface area contributed by atoms with Crippen LogP contribution in [0.5, 0.6) is 0 Å². The molecular weight excluding hydrogens is 518 g/mol. The number of hydrogen-bond donors (Lipinski definition) is 2. The first-order chi connectivity index (χ1) is 20.5. The molecule has 5 nitrogen and oxygen atoms in total. The van der Waals surface area contributed by atoms with Crippen LogP contribution in [0.25, 0.3) is 0 Å². The predicted molar refractivity (Wildman–Crippen MR) is 183 cm³/mol. The molecule has 5 heteroatoms. The van der Waals surface area contributed by atoms with Crippen molar-refractivity contribution in [3.8, 4) is 0 Å². The van der Waals surface area contributed by atoms with Crippen LogP contribution in [0.4, 0.5) is 0 Å². The summed E-state index contributed by atoms with van der Waals surface area (Å²) in [6.45, 7) is 4.54. The highest BCUT2D eigenvalue weighted by Crippen LogP contribution is 2.16. The molecule has 2 amide bonds. The SMILES string of the molecule is CCCCCCCCCCCCCCCCCC(=O)N(C(=N)N)C(=O)CCCCCCCCCCCCCCCCC. The third-order valence-corrected chi connectivity index (χ3v) is 8.73. The highest BCUT2D eigenvalue weighted by molar-refractivity contribution is 6.10. The number of amides is 2. The monoisotopic (exact) mass is 592 g/mol. The molecule has 0 spiro atoms. The quantitative estimate of drug-likeness (QED) is 0.0463. The summed E-state index contributed by atoms with van der Waals surface area (Å²) in [5.74, 6) is -1.03. The number of carbonyl (C=O) groups is 2. The van der Waals surface area contributed by atoms with Gasteiger partial charge in [0.25, 0.3) is 0 Å². The minimum atomic E-state index is -0.424. The van der Waals surface area contributed by atoms with Crippen molar-refractivity contribution in [3.63, 3.8) is 0 Å². The van der Waals surface area contributed by atoms with Crippen molar-refractivity contribution in [1.29, 1.82) is 5.41 Å². The number of imide groups is 1. The Morgan fingerprint density at radius 2 is 0.595 bits per heavy atom. The second-order valence-corrected chi connectivity index (χ2v) is 12.9. The zero-order valence-corrected chi connectivity index (χ0v) is 28.5. The van der Waals surface area contributed by atoms with Crippen molar-refractivity contribution in [2.24, 2.45) is 5.73 Å². The van der Waals surface area contributed by atoms with Crippen LogP contribution in [-0.2, 0) is 9.59 Å². The van der Waals surface area contributed by atoms with E-state index in [-0.39, 0.29) is 11.8 Å². The van der Waals surface area contributed by atoms with Crippen LogP contribution in [0, 0.1) is 5.41 Å². The number of guanidine groups is 1. The Labute approximate surface area is 262 Å². The molecule has 42 heavy (non-hydrogen) atoms. The lowest BCUT2D eigenvalue weighted by molar-refractivity contribution is -0.140. The first kappa shape index (κ1) is 40.6. The van der Waals surface area contributed by atoms with E-state index >= 15 is 0 Å². The van der Waals surface area contributed by atoms with Crippen molar-refractivity contribution in [2.45, 2.75) is 219 Å². The van der Waals surface area contributed by atoms with E-state index in [4.69, 9.17) is 11.1 Å². The average molecular weight is 592 g/mol. The van der Waals surface area contributed by atoms with Crippen LogP contribution in [0.2, 0.25) is 0 Å². The number of rotatable bonds is 32. The normalized spacial score (nSPS) is 11.2. The largest absolute Gasteiger partial charge is 0.369 e. The molecule has 3 N–H and O–H groups in total. The molecule has 0 bridgehead atoms. The van der Waals surface area contributed by atoms with Gasteiger partial charge in [0.1, 0.15) is 0 Å². The van der Waals surface area contributed by atoms with E-state index in [0.717, 1.165) is 43.4 Å². The van der Waals surface area contributed by atoms with Crippen molar-refractivity contribution >= 4 is 17.8 Å². The minimum absolute atomic E-state index is 0.303. The average Bonchev–Trinajstić information content (AvgIpc) is 2.97. The number of nitrogens with two attached hydrogens (primary N) is 1. The van der Waals surface area contributed by atoms with E-state index in [1.165, 1.54) is 154 Å². The Morgan fingerprint density at radius 3 is 0.786 bits per heavy atom. The van der Waals surface area contributed by atoms with Gasteiger partial charge in [0.15, 0.2) is 0 Å². The van der Waals surface area contributed by atoms with Crippen molar-refractivity contribution in [3.05, 3.63) is 0 Å². The molecule has 0 aromatic carbocycles. The first-order valence-electron chi connectivity index (χ1n) is 18.7. The maximum Gasteiger partial charge on any atom is 0.236 e. The van der Waals surface area contributed by atoms with Crippen LogP contribution < -0.4 is 5.73 Å². The zero-order valence-electron chi connectivity index (χ0n) is 28.5. The van der Waals surface area contributed by atoms with E-state index in [1.807, 2.05) is 0 Å². The second-order valence-electron chi connectivity index (χ2n) is 12.9. The lowest BCUT2D eigenvalue weighted by Crippen LogP contribution is -2.45. The van der Waals surface area contributed by atoms with E-state index in [0.29, 0.717) is 12.8 Å². The maximum atomic E-state index is 12.6. The van der Waals surface area contributed by atoms with Gasteiger partial charge in [0, 0.05) is 12.8 Å². The first-order valence-corrected chi connectivity index (χ1v) is 18.7. The molecule has 0 unspecified atom stereocenters. The molecule has 0 saturated carbocycles. The van der Waals surface area contributed by atoms with Crippen LogP contribution in [0.3, 0.4) is 0 Å².